The Balaban J connectivity index is 1.43. The molecule has 1 heterocycles. The Morgan fingerprint density at radius 2 is 1.53 bits per heavy atom. The molecular weight excluding hydrogens is 420 g/mol. The van der Waals surface area contributed by atoms with Crippen LogP contribution in [0, 0.1) is 5.92 Å². The molecule has 0 atom stereocenters. The van der Waals surface area contributed by atoms with Crippen LogP contribution in [0.25, 0.3) is 0 Å². The fraction of sp³-hybridized carbons (Fsp3) is 0.269. The van der Waals surface area contributed by atoms with Crippen LogP contribution in [0.1, 0.15) is 28.8 Å². The molecule has 1 aliphatic rings. The number of anilines is 1. The van der Waals surface area contributed by atoms with Crippen LogP contribution in [0.4, 0.5) is 5.69 Å². The molecule has 32 heavy (non-hydrogen) atoms. The van der Waals surface area contributed by atoms with Crippen molar-refractivity contribution in [2.24, 2.45) is 5.92 Å². The van der Waals surface area contributed by atoms with Gasteiger partial charge in [0.25, 0.3) is 15.9 Å². The zero-order valence-electron chi connectivity index (χ0n) is 18.2. The van der Waals surface area contributed by atoms with Gasteiger partial charge in [0.15, 0.2) is 0 Å². The SMILES string of the molecule is CN(c1cccc(C(=O)N2CCC(Cc3ccccc3)CC2)c1)S(=O)(=O)c1ccccc1. The number of rotatable bonds is 6. The molecular formula is C26H28N2O3S. The molecule has 4 rings (SSSR count). The first-order chi connectivity index (χ1) is 15.4. The summed E-state index contributed by atoms with van der Waals surface area (Å²) in [5.74, 6) is 0.533. The van der Waals surface area contributed by atoms with Crippen LogP contribution in [0.3, 0.4) is 0 Å². The van der Waals surface area contributed by atoms with Crippen molar-refractivity contribution in [1.29, 1.82) is 0 Å². The third kappa shape index (κ3) is 4.86. The smallest absolute Gasteiger partial charge is 0.264 e. The maximum Gasteiger partial charge on any atom is 0.264 e. The molecule has 3 aromatic rings. The maximum absolute atomic E-state index is 13.1. The molecule has 1 fully saturated rings. The standard InChI is InChI=1S/C26H28N2O3S/c1-27(32(30,31)25-13-6-3-7-14-25)24-12-8-11-23(20-24)26(29)28-17-15-22(16-18-28)19-21-9-4-2-5-10-21/h2-14,20,22H,15-19H2,1H3. The minimum Gasteiger partial charge on any atom is -0.339 e. The molecule has 0 spiro atoms. The van der Waals surface area contributed by atoms with Gasteiger partial charge >= 0.3 is 0 Å². The molecule has 0 aliphatic carbocycles. The Hall–Kier alpha value is -3.12. The minimum atomic E-state index is -3.69. The van der Waals surface area contributed by atoms with E-state index in [1.54, 1.807) is 54.6 Å². The minimum absolute atomic E-state index is 0.0458. The van der Waals surface area contributed by atoms with E-state index in [4.69, 9.17) is 0 Å². The fourth-order valence-electron chi connectivity index (χ4n) is 4.19. The lowest BCUT2D eigenvalue weighted by Gasteiger charge is -2.32. The Morgan fingerprint density at radius 1 is 0.906 bits per heavy atom. The Bertz CT molecular complexity index is 1160. The van der Waals surface area contributed by atoms with Crippen molar-refractivity contribution >= 4 is 21.6 Å². The van der Waals surface area contributed by atoms with Crippen molar-refractivity contribution in [3.05, 3.63) is 96.1 Å². The van der Waals surface area contributed by atoms with Gasteiger partial charge in [0.2, 0.25) is 0 Å². The van der Waals surface area contributed by atoms with Crippen molar-refractivity contribution < 1.29 is 13.2 Å². The number of amides is 1. The van der Waals surface area contributed by atoms with Gasteiger partial charge in [0, 0.05) is 25.7 Å². The number of sulfonamides is 1. The summed E-state index contributed by atoms with van der Waals surface area (Å²) < 4.78 is 27.1. The van der Waals surface area contributed by atoms with E-state index in [0.29, 0.717) is 17.2 Å². The zero-order chi connectivity index (χ0) is 22.6. The summed E-state index contributed by atoms with van der Waals surface area (Å²) in [6, 6.07) is 25.7. The molecule has 5 nitrogen and oxygen atoms in total. The average Bonchev–Trinajstić information content (AvgIpc) is 2.85. The van der Waals surface area contributed by atoms with E-state index < -0.39 is 10.0 Å². The third-order valence-corrected chi connectivity index (χ3v) is 7.93. The predicted octanol–water partition coefficient (Wildman–Crippen LogP) is 4.61. The number of nitrogens with zero attached hydrogens (tertiary/aromatic N) is 2. The van der Waals surface area contributed by atoms with E-state index in [-0.39, 0.29) is 10.8 Å². The predicted molar refractivity (Wildman–Crippen MR) is 127 cm³/mol. The van der Waals surface area contributed by atoms with E-state index >= 15 is 0 Å². The first-order valence-electron chi connectivity index (χ1n) is 10.9. The fourth-order valence-corrected chi connectivity index (χ4v) is 5.40. The van der Waals surface area contributed by atoms with Gasteiger partial charge in [-0.3, -0.25) is 9.10 Å². The Labute approximate surface area is 190 Å². The van der Waals surface area contributed by atoms with E-state index in [2.05, 4.69) is 24.3 Å². The summed E-state index contributed by atoms with van der Waals surface area (Å²) in [5, 5.41) is 0. The van der Waals surface area contributed by atoms with Crippen molar-refractivity contribution in [3.8, 4) is 0 Å². The number of likely N-dealkylation sites (tertiary alicyclic amines) is 1. The van der Waals surface area contributed by atoms with Crippen LogP contribution in [-0.2, 0) is 16.4 Å². The molecule has 1 aliphatic heterocycles. The van der Waals surface area contributed by atoms with E-state index in [0.717, 1.165) is 32.4 Å². The third-order valence-electron chi connectivity index (χ3n) is 6.13. The van der Waals surface area contributed by atoms with Gasteiger partial charge in [-0.15, -0.1) is 0 Å². The van der Waals surface area contributed by atoms with Gasteiger partial charge in [-0.05, 0) is 61.1 Å². The lowest BCUT2D eigenvalue weighted by atomic mass is 9.90. The van der Waals surface area contributed by atoms with Crippen LogP contribution in [0.15, 0.2) is 89.8 Å². The van der Waals surface area contributed by atoms with Gasteiger partial charge in [0.05, 0.1) is 10.6 Å². The highest BCUT2D eigenvalue weighted by atomic mass is 32.2. The van der Waals surface area contributed by atoms with Crippen molar-refractivity contribution in [3.63, 3.8) is 0 Å². The van der Waals surface area contributed by atoms with Crippen molar-refractivity contribution in [2.45, 2.75) is 24.2 Å². The van der Waals surface area contributed by atoms with E-state index in [1.807, 2.05) is 11.0 Å². The number of piperidine rings is 1. The summed E-state index contributed by atoms with van der Waals surface area (Å²) >= 11 is 0. The van der Waals surface area contributed by atoms with Crippen LogP contribution < -0.4 is 4.31 Å². The zero-order valence-corrected chi connectivity index (χ0v) is 19.0. The molecule has 0 unspecified atom stereocenters. The van der Waals surface area contributed by atoms with Gasteiger partial charge in [-0.2, -0.15) is 0 Å². The molecule has 1 amide bonds. The number of carbonyl (C=O) groups excluding carboxylic acids is 1. The highest BCUT2D eigenvalue weighted by molar-refractivity contribution is 7.92. The largest absolute Gasteiger partial charge is 0.339 e. The normalized spacial score (nSPS) is 14.8. The molecule has 0 N–H and O–H groups in total. The summed E-state index contributed by atoms with van der Waals surface area (Å²) in [5.41, 5.74) is 2.32. The number of hydrogen-bond acceptors (Lipinski definition) is 3. The molecule has 0 radical (unpaired) electrons. The molecule has 1 saturated heterocycles. The summed E-state index contributed by atoms with van der Waals surface area (Å²) in [6.45, 7) is 1.44. The molecule has 166 valence electrons. The molecule has 0 saturated carbocycles. The van der Waals surface area contributed by atoms with Crippen LogP contribution in [0.2, 0.25) is 0 Å². The summed E-state index contributed by atoms with van der Waals surface area (Å²) in [6.07, 6.45) is 2.99. The topological polar surface area (TPSA) is 57.7 Å². The first kappa shape index (κ1) is 22.1. The Morgan fingerprint density at radius 3 is 2.19 bits per heavy atom. The van der Waals surface area contributed by atoms with Crippen molar-refractivity contribution in [2.75, 3.05) is 24.4 Å². The van der Waals surface area contributed by atoms with Gasteiger partial charge in [0.1, 0.15) is 0 Å². The molecule has 0 aromatic heterocycles. The monoisotopic (exact) mass is 448 g/mol. The van der Waals surface area contributed by atoms with Gasteiger partial charge < -0.3 is 4.90 Å². The lowest BCUT2D eigenvalue weighted by molar-refractivity contribution is 0.0690. The quantitative estimate of drug-likeness (QED) is 0.553. The second kappa shape index (κ2) is 9.57. The second-order valence-corrected chi connectivity index (χ2v) is 10.2. The summed E-state index contributed by atoms with van der Waals surface area (Å²) in [7, 11) is -2.17. The van der Waals surface area contributed by atoms with Gasteiger partial charge in [-0.1, -0.05) is 54.6 Å². The molecule has 3 aromatic carbocycles. The lowest BCUT2D eigenvalue weighted by Crippen LogP contribution is -2.39. The molecule has 6 heteroatoms. The van der Waals surface area contributed by atoms with Gasteiger partial charge in [-0.25, -0.2) is 8.42 Å². The second-order valence-electron chi connectivity index (χ2n) is 8.26. The van der Waals surface area contributed by atoms with Crippen LogP contribution in [0.5, 0.6) is 0 Å². The Kier molecular flexibility index (Phi) is 6.61. The summed E-state index contributed by atoms with van der Waals surface area (Å²) in [4.78, 5) is 15.2. The van der Waals surface area contributed by atoms with E-state index in [9.17, 15) is 13.2 Å². The number of benzene rings is 3. The van der Waals surface area contributed by atoms with Crippen LogP contribution in [-0.4, -0.2) is 39.4 Å². The van der Waals surface area contributed by atoms with Crippen molar-refractivity contribution in [1.82, 2.24) is 4.90 Å². The average molecular weight is 449 g/mol. The number of hydrogen-bond donors (Lipinski definition) is 0. The molecule has 0 bridgehead atoms. The van der Waals surface area contributed by atoms with Crippen LogP contribution >= 0.6 is 0 Å². The number of carbonyl (C=O) groups is 1. The van der Waals surface area contributed by atoms with E-state index in [1.165, 1.54) is 16.9 Å². The highest BCUT2D eigenvalue weighted by Crippen LogP contribution is 2.26. The first-order valence-corrected chi connectivity index (χ1v) is 12.4. The maximum atomic E-state index is 13.1. The highest BCUT2D eigenvalue weighted by Gasteiger charge is 2.25.